The maximum absolute atomic E-state index is 10.5. The Balaban J connectivity index is 1.92. The Morgan fingerprint density at radius 3 is 2.53 bits per heavy atom. The van der Waals surface area contributed by atoms with Crippen molar-refractivity contribution in [3.63, 3.8) is 0 Å². The molecule has 2 unspecified atom stereocenters. The summed E-state index contributed by atoms with van der Waals surface area (Å²) in [5.74, 6) is 1.19. The van der Waals surface area contributed by atoms with E-state index in [2.05, 4.69) is 24.3 Å². The molecule has 1 N–H and O–H groups in total. The quantitative estimate of drug-likeness (QED) is 0.868. The molecule has 0 radical (unpaired) electrons. The summed E-state index contributed by atoms with van der Waals surface area (Å²) in [7, 11) is 0. The first-order chi connectivity index (χ1) is 8.36. The zero-order valence-electron chi connectivity index (χ0n) is 9.41. The molecule has 0 amide bonds. The Kier molecular flexibility index (Phi) is 2.91. The average Bonchev–Trinajstić information content (AvgIpc) is 2.83. The number of thioether (sulfide) groups is 1. The molecule has 1 aliphatic rings. The minimum atomic E-state index is -0.396. The topological polar surface area (TPSA) is 20.2 Å². The second kappa shape index (κ2) is 4.55. The van der Waals surface area contributed by atoms with E-state index in [0.717, 1.165) is 11.3 Å². The van der Waals surface area contributed by atoms with Gasteiger partial charge < -0.3 is 5.11 Å². The smallest absolute Gasteiger partial charge is 0.0867 e. The summed E-state index contributed by atoms with van der Waals surface area (Å²) in [5, 5.41) is 10.5. The lowest BCUT2D eigenvalue weighted by atomic mass is 9.91. The van der Waals surface area contributed by atoms with Crippen LogP contribution < -0.4 is 0 Å². The highest BCUT2D eigenvalue weighted by atomic mass is 32.2. The van der Waals surface area contributed by atoms with Gasteiger partial charge in [0, 0.05) is 16.6 Å². The Morgan fingerprint density at radius 2 is 1.71 bits per heavy atom. The van der Waals surface area contributed by atoms with Crippen LogP contribution in [0.4, 0.5) is 0 Å². The summed E-state index contributed by atoms with van der Waals surface area (Å²) in [5.41, 5.74) is 2.30. The lowest BCUT2D eigenvalue weighted by molar-refractivity contribution is 0.154. The molecule has 0 fully saturated rings. The zero-order valence-corrected chi connectivity index (χ0v) is 10.2. The average molecular weight is 242 g/mol. The van der Waals surface area contributed by atoms with Crippen molar-refractivity contribution in [3.05, 3.63) is 65.7 Å². The van der Waals surface area contributed by atoms with Crippen LogP contribution in [0.3, 0.4) is 0 Å². The van der Waals surface area contributed by atoms with Crippen molar-refractivity contribution in [1.29, 1.82) is 0 Å². The highest BCUT2D eigenvalue weighted by Gasteiger charge is 2.29. The fraction of sp³-hybridized carbons (Fsp3) is 0.200. The number of benzene rings is 2. The van der Waals surface area contributed by atoms with Crippen LogP contribution in [0, 0.1) is 0 Å². The van der Waals surface area contributed by atoms with Crippen molar-refractivity contribution in [3.8, 4) is 0 Å². The summed E-state index contributed by atoms with van der Waals surface area (Å²) >= 11 is 1.84. The highest BCUT2D eigenvalue weighted by molar-refractivity contribution is 7.99. The molecular weight excluding hydrogens is 228 g/mol. The third kappa shape index (κ3) is 1.99. The van der Waals surface area contributed by atoms with Gasteiger partial charge in [-0.2, -0.15) is 0 Å². The molecule has 2 aromatic rings. The first-order valence-corrected chi connectivity index (χ1v) is 6.79. The predicted molar refractivity (Wildman–Crippen MR) is 71.3 cm³/mol. The maximum Gasteiger partial charge on any atom is 0.0867 e. The number of aliphatic hydroxyl groups is 1. The van der Waals surface area contributed by atoms with Crippen LogP contribution in [0.15, 0.2) is 59.5 Å². The van der Waals surface area contributed by atoms with Crippen molar-refractivity contribution >= 4 is 11.8 Å². The van der Waals surface area contributed by atoms with Gasteiger partial charge in [-0.05, 0) is 17.2 Å². The number of rotatable bonds is 2. The predicted octanol–water partition coefficient (Wildman–Crippen LogP) is 3.61. The van der Waals surface area contributed by atoms with Crippen LogP contribution in [0.1, 0.15) is 23.1 Å². The molecule has 2 atom stereocenters. The SMILES string of the molecule is OC(c1ccccc1)C1CSc2ccccc21. The first-order valence-electron chi connectivity index (χ1n) is 5.81. The molecule has 0 aliphatic carbocycles. The molecule has 1 nitrogen and oxygen atoms in total. The lowest BCUT2D eigenvalue weighted by Crippen LogP contribution is -2.10. The highest BCUT2D eigenvalue weighted by Crippen LogP contribution is 2.45. The summed E-state index contributed by atoms with van der Waals surface area (Å²) < 4.78 is 0. The van der Waals surface area contributed by atoms with Crippen LogP contribution in [0.25, 0.3) is 0 Å². The van der Waals surface area contributed by atoms with E-state index in [-0.39, 0.29) is 5.92 Å². The van der Waals surface area contributed by atoms with Gasteiger partial charge in [0.25, 0.3) is 0 Å². The van der Waals surface area contributed by atoms with E-state index in [4.69, 9.17) is 0 Å². The van der Waals surface area contributed by atoms with E-state index in [1.54, 1.807) is 0 Å². The number of hydrogen-bond donors (Lipinski definition) is 1. The molecule has 3 rings (SSSR count). The molecule has 86 valence electrons. The normalized spacial score (nSPS) is 19.9. The van der Waals surface area contributed by atoms with Crippen molar-refractivity contribution in [1.82, 2.24) is 0 Å². The molecule has 0 bridgehead atoms. The van der Waals surface area contributed by atoms with Crippen LogP contribution in [-0.2, 0) is 0 Å². The zero-order chi connectivity index (χ0) is 11.7. The Labute approximate surface area is 105 Å². The monoisotopic (exact) mass is 242 g/mol. The summed E-state index contributed by atoms with van der Waals surface area (Å²) in [4.78, 5) is 1.31. The minimum Gasteiger partial charge on any atom is -0.388 e. The van der Waals surface area contributed by atoms with Crippen molar-refractivity contribution in [2.24, 2.45) is 0 Å². The molecule has 0 spiro atoms. The molecule has 0 saturated heterocycles. The molecule has 2 aromatic carbocycles. The summed E-state index contributed by atoms with van der Waals surface area (Å²) in [6.45, 7) is 0. The molecule has 0 aromatic heterocycles. The van der Waals surface area contributed by atoms with E-state index in [0.29, 0.717) is 0 Å². The van der Waals surface area contributed by atoms with Gasteiger partial charge in [0.15, 0.2) is 0 Å². The van der Waals surface area contributed by atoms with Crippen molar-refractivity contribution in [2.45, 2.75) is 16.9 Å². The fourth-order valence-electron chi connectivity index (χ4n) is 2.33. The third-order valence-electron chi connectivity index (χ3n) is 3.26. The van der Waals surface area contributed by atoms with Crippen LogP contribution in [0.2, 0.25) is 0 Å². The van der Waals surface area contributed by atoms with Gasteiger partial charge in [0.1, 0.15) is 0 Å². The van der Waals surface area contributed by atoms with Crippen LogP contribution in [-0.4, -0.2) is 10.9 Å². The van der Waals surface area contributed by atoms with Crippen LogP contribution in [0.5, 0.6) is 0 Å². The standard InChI is InChI=1S/C15H14OS/c16-15(11-6-2-1-3-7-11)13-10-17-14-9-5-4-8-12(13)14/h1-9,13,15-16H,10H2. The van der Waals surface area contributed by atoms with Crippen LogP contribution >= 0.6 is 11.8 Å². The largest absolute Gasteiger partial charge is 0.388 e. The van der Waals surface area contributed by atoms with E-state index < -0.39 is 6.10 Å². The Bertz CT molecular complexity index is 509. The molecule has 0 saturated carbocycles. The molecule has 1 aliphatic heterocycles. The number of fused-ring (bicyclic) bond motifs is 1. The van der Waals surface area contributed by atoms with Crippen molar-refractivity contribution in [2.75, 3.05) is 5.75 Å². The van der Waals surface area contributed by atoms with Gasteiger partial charge in [0.05, 0.1) is 6.10 Å². The third-order valence-corrected chi connectivity index (χ3v) is 4.47. The second-order valence-electron chi connectivity index (χ2n) is 4.31. The van der Waals surface area contributed by atoms with Gasteiger partial charge in [-0.25, -0.2) is 0 Å². The molecular formula is C15H14OS. The van der Waals surface area contributed by atoms with Crippen molar-refractivity contribution < 1.29 is 5.11 Å². The van der Waals surface area contributed by atoms with Gasteiger partial charge in [0.2, 0.25) is 0 Å². The maximum atomic E-state index is 10.5. The van der Waals surface area contributed by atoms with E-state index in [9.17, 15) is 5.11 Å². The summed E-state index contributed by atoms with van der Waals surface area (Å²) in [6.07, 6.45) is -0.396. The molecule has 17 heavy (non-hydrogen) atoms. The van der Waals surface area contributed by atoms with Gasteiger partial charge in [-0.15, -0.1) is 11.8 Å². The van der Waals surface area contributed by atoms with E-state index in [1.165, 1.54) is 10.5 Å². The van der Waals surface area contributed by atoms with E-state index >= 15 is 0 Å². The second-order valence-corrected chi connectivity index (χ2v) is 5.37. The Morgan fingerprint density at radius 1 is 1.00 bits per heavy atom. The first kappa shape index (κ1) is 10.9. The minimum absolute atomic E-state index is 0.221. The van der Waals surface area contributed by atoms with Gasteiger partial charge in [-0.1, -0.05) is 48.5 Å². The fourth-order valence-corrected chi connectivity index (χ4v) is 3.61. The van der Waals surface area contributed by atoms with E-state index in [1.807, 2.05) is 42.1 Å². The lowest BCUT2D eigenvalue weighted by Gasteiger charge is -2.18. The van der Waals surface area contributed by atoms with Gasteiger partial charge >= 0.3 is 0 Å². The Hall–Kier alpha value is -1.25. The molecule has 1 heterocycles. The number of aliphatic hydroxyl groups excluding tert-OH is 1. The van der Waals surface area contributed by atoms with Gasteiger partial charge in [-0.3, -0.25) is 0 Å². The number of hydrogen-bond acceptors (Lipinski definition) is 2. The molecule has 2 heteroatoms. The summed E-state index contributed by atoms with van der Waals surface area (Å²) in [6, 6.07) is 18.3.